The number of hydrogen-bond acceptors (Lipinski definition) is 4. The number of benzene rings is 3. The maximum atomic E-state index is 12.8. The molecule has 0 spiro atoms. The monoisotopic (exact) mass is 563 g/mol. The van der Waals surface area contributed by atoms with Gasteiger partial charge in [-0.3, -0.25) is 25.2 Å². The molecule has 0 radical (unpaired) electrons. The van der Waals surface area contributed by atoms with Crippen LogP contribution in [-0.2, 0) is 11.2 Å². The molecule has 0 saturated heterocycles. The molecule has 0 aliphatic heterocycles. The van der Waals surface area contributed by atoms with Crippen LogP contribution in [0.1, 0.15) is 58.4 Å². The lowest BCUT2D eigenvalue weighted by Gasteiger charge is -2.20. The van der Waals surface area contributed by atoms with Crippen molar-refractivity contribution in [2.75, 3.05) is 11.9 Å². The van der Waals surface area contributed by atoms with Crippen molar-refractivity contribution < 1.29 is 19.1 Å². The van der Waals surface area contributed by atoms with Crippen LogP contribution in [0.15, 0.2) is 77.3 Å². The molecule has 1 fully saturated rings. The van der Waals surface area contributed by atoms with Gasteiger partial charge in [0.25, 0.3) is 11.8 Å². The minimum absolute atomic E-state index is 0.0278. The normalized spacial score (nSPS) is 13.4. The molecule has 1 saturated carbocycles. The van der Waals surface area contributed by atoms with Gasteiger partial charge in [-0.15, -0.1) is 0 Å². The molecule has 192 valence electrons. The molecule has 0 unspecified atom stereocenters. The third-order valence-corrected chi connectivity index (χ3v) is 6.85. The Kier molecular flexibility index (Phi) is 9.32. The van der Waals surface area contributed by atoms with Crippen molar-refractivity contribution in [3.05, 3.63) is 94.0 Å². The number of carbonyl (C=O) groups is 3. The van der Waals surface area contributed by atoms with Gasteiger partial charge in [0.1, 0.15) is 5.75 Å². The van der Waals surface area contributed by atoms with E-state index in [0.717, 1.165) is 31.2 Å². The van der Waals surface area contributed by atoms with Crippen molar-refractivity contribution >= 4 is 39.3 Å². The maximum absolute atomic E-state index is 12.8. The molecule has 4 rings (SSSR count). The number of amides is 3. The van der Waals surface area contributed by atoms with Gasteiger partial charge in [0.05, 0.1) is 12.2 Å². The van der Waals surface area contributed by atoms with Crippen LogP contribution in [0, 0.1) is 5.92 Å². The fraction of sp³-hybridized carbons (Fsp3) is 0.276. The molecular formula is C29H30BrN3O4. The minimum atomic E-state index is -0.499. The number of nitrogens with one attached hydrogen (secondary N) is 3. The topological polar surface area (TPSA) is 96.5 Å². The highest BCUT2D eigenvalue weighted by Gasteiger charge is 2.21. The second-order valence-electron chi connectivity index (χ2n) is 9.03. The Labute approximate surface area is 225 Å². The summed E-state index contributed by atoms with van der Waals surface area (Å²) in [6.45, 7) is 0.405. The van der Waals surface area contributed by atoms with E-state index in [0.29, 0.717) is 40.1 Å². The van der Waals surface area contributed by atoms with E-state index in [1.807, 2.05) is 30.3 Å². The van der Waals surface area contributed by atoms with Gasteiger partial charge in [-0.2, -0.15) is 0 Å². The Morgan fingerprint density at radius 2 is 1.54 bits per heavy atom. The van der Waals surface area contributed by atoms with Gasteiger partial charge in [-0.05, 0) is 60.9 Å². The summed E-state index contributed by atoms with van der Waals surface area (Å²) in [7, 11) is 0. The molecular weight excluding hydrogens is 534 g/mol. The highest BCUT2D eigenvalue weighted by atomic mass is 79.9. The predicted octanol–water partition coefficient (Wildman–Crippen LogP) is 5.66. The van der Waals surface area contributed by atoms with Crippen molar-refractivity contribution in [1.29, 1.82) is 0 Å². The van der Waals surface area contributed by atoms with Crippen molar-refractivity contribution in [2.24, 2.45) is 5.92 Å². The van der Waals surface area contributed by atoms with E-state index in [4.69, 9.17) is 4.74 Å². The summed E-state index contributed by atoms with van der Waals surface area (Å²) >= 11 is 3.38. The van der Waals surface area contributed by atoms with Crippen LogP contribution in [0.2, 0.25) is 0 Å². The SMILES string of the molecule is O=C(NNC(=O)c1cc(Br)ccc1OCCc1ccccc1)c1ccc(NC(=O)C2CCCCC2)cc1. The molecule has 3 amide bonds. The standard InChI is InChI=1S/C29H30BrN3O4/c30-23-13-16-26(37-18-17-20-7-3-1-4-8-20)25(19-23)29(36)33-32-28(35)22-11-14-24(15-12-22)31-27(34)21-9-5-2-6-10-21/h1,3-4,7-8,11-16,19,21H,2,5-6,9-10,17-18H2,(H,31,34)(H,32,35)(H,33,36). The largest absolute Gasteiger partial charge is 0.492 e. The minimum Gasteiger partial charge on any atom is -0.492 e. The van der Waals surface area contributed by atoms with Gasteiger partial charge >= 0.3 is 0 Å². The van der Waals surface area contributed by atoms with Gasteiger partial charge in [0.2, 0.25) is 5.91 Å². The summed E-state index contributed by atoms with van der Waals surface area (Å²) in [5, 5.41) is 2.93. The van der Waals surface area contributed by atoms with E-state index in [1.54, 1.807) is 42.5 Å². The molecule has 0 atom stereocenters. The van der Waals surface area contributed by atoms with Crippen LogP contribution in [-0.4, -0.2) is 24.3 Å². The van der Waals surface area contributed by atoms with Crippen molar-refractivity contribution in [3.63, 3.8) is 0 Å². The molecule has 3 N–H and O–H groups in total. The third-order valence-electron chi connectivity index (χ3n) is 6.36. The molecule has 0 heterocycles. The first kappa shape index (κ1) is 26.4. The van der Waals surface area contributed by atoms with E-state index in [-0.39, 0.29) is 11.8 Å². The van der Waals surface area contributed by atoms with Gasteiger partial charge in [0.15, 0.2) is 0 Å². The Bertz CT molecular complexity index is 1230. The van der Waals surface area contributed by atoms with Crippen LogP contribution in [0.25, 0.3) is 0 Å². The average Bonchev–Trinajstić information content (AvgIpc) is 2.93. The van der Waals surface area contributed by atoms with Crippen LogP contribution in [0.5, 0.6) is 5.75 Å². The van der Waals surface area contributed by atoms with E-state index < -0.39 is 11.8 Å². The van der Waals surface area contributed by atoms with Crippen LogP contribution in [0.3, 0.4) is 0 Å². The lowest BCUT2D eigenvalue weighted by atomic mass is 9.88. The van der Waals surface area contributed by atoms with E-state index in [2.05, 4.69) is 32.1 Å². The number of hydrogen-bond donors (Lipinski definition) is 3. The first-order valence-corrected chi connectivity index (χ1v) is 13.3. The van der Waals surface area contributed by atoms with Gasteiger partial charge in [0, 0.05) is 28.1 Å². The first-order valence-electron chi connectivity index (χ1n) is 12.5. The summed E-state index contributed by atoms with van der Waals surface area (Å²) in [6.07, 6.45) is 5.90. The zero-order valence-corrected chi connectivity index (χ0v) is 22.1. The number of carbonyl (C=O) groups excluding carboxylic acids is 3. The molecule has 3 aromatic carbocycles. The zero-order chi connectivity index (χ0) is 26.0. The maximum Gasteiger partial charge on any atom is 0.273 e. The molecule has 3 aromatic rings. The summed E-state index contributed by atoms with van der Waals surface area (Å²) in [6, 6.07) is 21.7. The lowest BCUT2D eigenvalue weighted by Crippen LogP contribution is -2.41. The van der Waals surface area contributed by atoms with E-state index >= 15 is 0 Å². The molecule has 1 aliphatic rings. The third kappa shape index (κ3) is 7.67. The average molecular weight is 564 g/mol. The Morgan fingerprint density at radius 1 is 0.838 bits per heavy atom. The number of hydrazine groups is 1. The number of anilines is 1. The smallest absolute Gasteiger partial charge is 0.273 e. The number of halogens is 1. The number of ether oxygens (including phenoxy) is 1. The second-order valence-corrected chi connectivity index (χ2v) is 9.95. The predicted molar refractivity (Wildman–Crippen MR) is 146 cm³/mol. The quantitative estimate of drug-likeness (QED) is 0.308. The van der Waals surface area contributed by atoms with Crippen LogP contribution < -0.4 is 20.9 Å². The Balaban J connectivity index is 1.30. The summed E-state index contributed by atoms with van der Waals surface area (Å²) in [5.74, 6) is -0.470. The van der Waals surface area contributed by atoms with Crippen molar-refractivity contribution in [3.8, 4) is 5.75 Å². The van der Waals surface area contributed by atoms with E-state index in [9.17, 15) is 14.4 Å². The summed E-state index contributed by atoms with van der Waals surface area (Å²) in [5.41, 5.74) is 7.32. The van der Waals surface area contributed by atoms with Gasteiger partial charge in [-0.1, -0.05) is 65.5 Å². The Hall–Kier alpha value is -3.65. The fourth-order valence-corrected chi connectivity index (χ4v) is 4.66. The molecule has 37 heavy (non-hydrogen) atoms. The zero-order valence-electron chi connectivity index (χ0n) is 20.5. The molecule has 7 nitrogen and oxygen atoms in total. The summed E-state index contributed by atoms with van der Waals surface area (Å²) < 4.78 is 6.58. The lowest BCUT2D eigenvalue weighted by molar-refractivity contribution is -0.120. The second kappa shape index (κ2) is 13.1. The fourth-order valence-electron chi connectivity index (χ4n) is 4.30. The Morgan fingerprint density at radius 3 is 2.27 bits per heavy atom. The number of rotatable bonds is 8. The first-order chi connectivity index (χ1) is 18.0. The highest BCUT2D eigenvalue weighted by Crippen LogP contribution is 2.25. The molecule has 0 aromatic heterocycles. The van der Waals surface area contributed by atoms with E-state index in [1.165, 1.54) is 6.42 Å². The molecule has 1 aliphatic carbocycles. The molecule has 8 heteroatoms. The van der Waals surface area contributed by atoms with Crippen LogP contribution >= 0.6 is 15.9 Å². The summed E-state index contributed by atoms with van der Waals surface area (Å²) in [4.78, 5) is 37.9. The van der Waals surface area contributed by atoms with Crippen molar-refractivity contribution in [2.45, 2.75) is 38.5 Å². The van der Waals surface area contributed by atoms with Gasteiger partial charge in [-0.25, -0.2) is 0 Å². The van der Waals surface area contributed by atoms with Gasteiger partial charge < -0.3 is 10.1 Å². The molecule has 0 bridgehead atoms. The highest BCUT2D eigenvalue weighted by molar-refractivity contribution is 9.10. The van der Waals surface area contributed by atoms with Crippen LogP contribution in [0.4, 0.5) is 5.69 Å². The van der Waals surface area contributed by atoms with Crippen molar-refractivity contribution in [1.82, 2.24) is 10.9 Å².